The Bertz CT molecular complexity index is 862. The van der Waals surface area contributed by atoms with Crippen LogP contribution in [0.5, 0.6) is 0 Å². The molecule has 1 saturated carbocycles. The lowest BCUT2D eigenvalue weighted by Crippen LogP contribution is -3.18. The minimum absolute atomic E-state index is 0.00755. The van der Waals surface area contributed by atoms with Gasteiger partial charge < -0.3 is 10.2 Å². The summed E-state index contributed by atoms with van der Waals surface area (Å²) >= 11 is 0. The normalized spacial score (nSPS) is 28.0. The van der Waals surface area contributed by atoms with E-state index in [1.54, 1.807) is 22.5 Å². The molecule has 3 fully saturated rings. The average molecular weight is 435 g/mol. The maximum absolute atomic E-state index is 13.0. The number of carbonyl (C=O) groups is 1. The summed E-state index contributed by atoms with van der Waals surface area (Å²) in [6.45, 7) is 4.62. The lowest BCUT2D eigenvalue weighted by molar-refractivity contribution is -0.928. The van der Waals surface area contributed by atoms with Gasteiger partial charge in [-0.1, -0.05) is 18.9 Å². The molecule has 0 aromatic heterocycles. The lowest BCUT2D eigenvalue weighted by Gasteiger charge is -2.40. The highest BCUT2D eigenvalue weighted by molar-refractivity contribution is 7.89. The summed E-state index contributed by atoms with van der Waals surface area (Å²) in [4.78, 5) is 14.6. The largest absolute Gasteiger partial charge is 0.324 e. The van der Waals surface area contributed by atoms with E-state index in [0.717, 1.165) is 37.3 Å². The van der Waals surface area contributed by atoms with Gasteiger partial charge in [0, 0.05) is 24.7 Å². The average Bonchev–Trinajstić information content (AvgIpc) is 2.76. The van der Waals surface area contributed by atoms with Crippen molar-refractivity contribution in [3.63, 3.8) is 0 Å². The molecule has 1 aromatic carbocycles. The number of sulfonamides is 1. The van der Waals surface area contributed by atoms with Gasteiger partial charge in [-0.25, -0.2) is 8.42 Å². The Morgan fingerprint density at radius 3 is 2.60 bits per heavy atom. The predicted octanol–water partition coefficient (Wildman–Crippen LogP) is 2.35. The Kier molecular flexibility index (Phi) is 6.80. The zero-order chi connectivity index (χ0) is 21.1. The van der Waals surface area contributed by atoms with Crippen LogP contribution in [0.2, 0.25) is 0 Å². The monoisotopic (exact) mass is 434 g/mol. The van der Waals surface area contributed by atoms with Crippen LogP contribution < -0.4 is 10.2 Å². The topological polar surface area (TPSA) is 70.9 Å². The van der Waals surface area contributed by atoms with Crippen LogP contribution in [0, 0.1) is 12.8 Å². The molecule has 7 heteroatoms. The molecule has 4 rings (SSSR count). The summed E-state index contributed by atoms with van der Waals surface area (Å²) in [5, 5.41) is 3.03. The Morgan fingerprint density at radius 1 is 1.07 bits per heavy atom. The van der Waals surface area contributed by atoms with E-state index in [-0.39, 0.29) is 10.8 Å². The van der Waals surface area contributed by atoms with Gasteiger partial charge in [-0.15, -0.1) is 0 Å². The molecule has 30 heavy (non-hydrogen) atoms. The summed E-state index contributed by atoms with van der Waals surface area (Å²) < 4.78 is 27.6. The Hall–Kier alpha value is -1.44. The fraction of sp³-hybridized carbons (Fsp3) is 0.696. The number of hydrogen-bond acceptors (Lipinski definition) is 3. The number of nitrogens with one attached hydrogen (secondary N) is 2. The molecule has 1 unspecified atom stereocenters. The summed E-state index contributed by atoms with van der Waals surface area (Å²) in [5.74, 6) is 0.766. The number of benzene rings is 1. The van der Waals surface area contributed by atoms with Crippen LogP contribution in [0.1, 0.15) is 63.4 Å². The number of carbonyl (C=O) groups excluding carboxylic acids is 1. The molecular formula is C23H36N3O3S+. The number of nitrogens with zero attached hydrogens (tertiary/aromatic N) is 1. The number of piperidine rings is 2. The molecule has 2 aliphatic heterocycles. The number of anilines is 1. The van der Waals surface area contributed by atoms with E-state index in [2.05, 4.69) is 5.32 Å². The van der Waals surface area contributed by atoms with Crippen LogP contribution in [0.3, 0.4) is 0 Å². The Morgan fingerprint density at radius 2 is 1.80 bits per heavy atom. The van der Waals surface area contributed by atoms with E-state index < -0.39 is 10.0 Å². The van der Waals surface area contributed by atoms with Crippen molar-refractivity contribution in [3.8, 4) is 0 Å². The highest BCUT2D eigenvalue weighted by Gasteiger charge is 2.37. The zero-order valence-corrected chi connectivity index (χ0v) is 19.0. The van der Waals surface area contributed by atoms with Crippen LogP contribution in [0.15, 0.2) is 23.1 Å². The van der Waals surface area contributed by atoms with Crippen LogP contribution in [0.4, 0.5) is 5.69 Å². The van der Waals surface area contributed by atoms with Crippen LogP contribution in [-0.2, 0) is 14.8 Å². The van der Waals surface area contributed by atoms with Gasteiger partial charge >= 0.3 is 0 Å². The fourth-order valence-electron chi connectivity index (χ4n) is 5.64. The first-order chi connectivity index (χ1) is 14.4. The van der Waals surface area contributed by atoms with E-state index in [9.17, 15) is 13.2 Å². The minimum Gasteiger partial charge on any atom is -0.324 e. The third-order valence-corrected chi connectivity index (χ3v) is 9.22. The third kappa shape index (κ3) is 4.73. The Labute approximate surface area is 181 Å². The van der Waals surface area contributed by atoms with Gasteiger partial charge in [0.05, 0.1) is 17.5 Å². The zero-order valence-electron chi connectivity index (χ0n) is 18.2. The number of quaternary nitrogens is 1. The molecule has 0 radical (unpaired) electrons. The van der Waals surface area contributed by atoms with Crippen molar-refractivity contribution >= 4 is 21.6 Å². The van der Waals surface area contributed by atoms with Gasteiger partial charge in [0.25, 0.3) is 5.91 Å². The number of hydrogen-bond donors (Lipinski definition) is 2. The standard InChI is InChI=1S/C23H35N3O3S/c1-18-11-12-20(30(28,29)26-14-5-2-6-15-26)16-21(18)24-23(27)17-25-13-7-9-19-8-3-4-10-22(19)25/h11-12,16,19,22H,2-10,13-15,17H2,1H3,(H,24,27)/p+1/t19-,22-/m0/s1. The minimum atomic E-state index is -3.50. The molecular weight excluding hydrogens is 398 g/mol. The maximum atomic E-state index is 13.0. The quantitative estimate of drug-likeness (QED) is 0.747. The SMILES string of the molecule is Cc1ccc(S(=O)(=O)N2CCCCC2)cc1NC(=O)C[NH+]1CCC[C@@H]2CCCC[C@@H]21. The van der Waals surface area contributed by atoms with Crippen molar-refractivity contribution < 1.29 is 18.1 Å². The van der Waals surface area contributed by atoms with Gasteiger partial charge in [0.15, 0.2) is 6.54 Å². The van der Waals surface area contributed by atoms with Gasteiger partial charge in [-0.3, -0.25) is 4.79 Å². The van der Waals surface area contributed by atoms with E-state index in [1.165, 1.54) is 43.4 Å². The van der Waals surface area contributed by atoms with Gasteiger partial charge in [-0.2, -0.15) is 4.31 Å². The van der Waals surface area contributed by atoms with E-state index in [1.807, 2.05) is 6.92 Å². The number of fused-ring (bicyclic) bond motifs is 1. The second-order valence-electron chi connectivity index (χ2n) is 9.37. The van der Waals surface area contributed by atoms with E-state index in [0.29, 0.717) is 31.4 Å². The number of aryl methyl sites for hydroxylation is 1. The highest BCUT2D eigenvalue weighted by Crippen LogP contribution is 2.28. The van der Waals surface area contributed by atoms with Crippen molar-refractivity contribution in [1.29, 1.82) is 0 Å². The summed E-state index contributed by atoms with van der Waals surface area (Å²) in [5.41, 5.74) is 1.51. The second-order valence-corrected chi connectivity index (χ2v) is 11.3. The molecule has 6 nitrogen and oxygen atoms in total. The second kappa shape index (κ2) is 9.37. The van der Waals surface area contributed by atoms with Crippen LogP contribution >= 0.6 is 0 Å². The third-order valence-electron chi connectivity index (χ3n) is 7.33. The highest BCUT2D eigenvalue weighted by atomic mass is 32.2. The lowest BCUT2D eigenvalue weighted by atomic mass is 9.78. The molecule has 1 aromatic rings. The molecule has 3 atom stereocenters. The summed E-state index contributed by atoms with van der Waals surface area (Å²) in [6.07, 6.45) is 10.6. The molecule has 0 bridgehead atoms. The van der Waals surface area contributed by atoms with E-state index >= 15 is 0 Å². The molecule has 2 heterocycles. The smallest absolute Gasteiger partial charge is 0.279 e. The van der Waals surface area contributed by atoms with Crippen molar-refractivity contribution in [1.82, 2.24) is 4.31 Å². The summed E-state index contributed by atoms with van der Waals surface area (Å²) in [6, 6.07) is 5.73. The van der Waals surface area contributed by atoms with Crippen molar-refractivity contribution in [2.75, 3.05) is 31.5 Å². The van der Waals surface area contributed by atoms with Crippen molar-refractivity contribution in [2.24, 2.45) is 5.92 Å². The molecule has 3 aliphatic rings. The van der Waals surface area contributed by atoms with Crippen molar-refractivity contribution in [2.45, 2.75) is 75.6 Å². The van der Waals surface area contributed by atoms with Crippen molar-refractivity contribution in [3.05, 3.63) is 23.8 Å². The number of rotatable bonds is 5. The van der Waals surface area contributed by atoms with Crippen LogP contribution in [-0.4, -0.2) is 50.9 Å². The Balaban J connectivity index is 1.45. The van der Waals surface area contributed by atoms with Gasteiger partial charge in [0.2, 0.25) is 10.0 Å². The maximum Gasteiger partial charge on any atom is 0.279 e. The van der Waals surface area contributed by atoms with E-state index in [4.69, 9.17) is 0 Å². The predicted molar refractivity (Wildman–Crippen MR) is 118 cm³/mol. The van der Waals surface area contributed by atoms with Gasteiger partial charge in [-0.05, 0) is 69.6 Å². The molecule has 0 spiro atoms. The number of likely N-dealkylation sites (tertiary alicyclic amines) is 1. The summed E-state index contributed by atoms with van der Waals surface area (Å²) in [7, 11) is -3.50. The first-order valence-corrected chi connectivity index (χ1v) is 13.1. The first kappa shape index (κ1) is 21.8. The van der Waals surface area contributed by atoms with Gasteiger partial charge in [0.1, 0.15) is 0 Å². The molecule has 2 N–H and O–H groups in total. The number of amides is 1. The molecule has 166 valence electrons. The van der Waals surface area contributed by atoms with Crippen LogP contribution in [0.25, 0.3) is 0 Å². The molecule has 1 aliphatic carbocycles. The molecule has 1 amide bonds. The molecule has 2 saturated heterocycles. The fourth-order valence-corrected chi connectivity index (χ4v) is 7.18. The first-order valence-electron chi connectivity index (χ1n) is 11.7.